The molecular formula is C20H17FN2O3. The number of amides is 2. The number of aliphatic hydroxyl groups is 1. The number of fused-ring (bicyclic) bond motifs is 1. The van der Waals surface area contributed by atoms with Crippen molar-refractivity contribution in [2.45, 2.75) is 6.10 Å². The molecule has 0 bridgehead atoms. The standard InChI is InChI=1S/C20H17FN2O3/c21-16-10-3-4-11-17(16)23-20(26)19(25)22-12-18(24)15-9-5-7-13-6-1-2-8-14(13)15/h1-11,18,24H,12H2,(H,22,25)(H,23,26). The van der Waals surface area contributed by atoms with Crippen LogP contribution in [0, 0.1) is 5.82 Å². The first-order chi connectivity index (χ1) is 12.6. The van der Waals surface area contributed by atoms with E-state index < -0.39 is 23.7 Å². The monoisotopic (exact) mass is 352 g/mol. The molecule has 3 aromatic rings. The van der Waals surface area contributed by atoms with Gasteiger partial charge in [-0.1, -0.05) is 54.6 Å². The van der Waals surface area contributed by atoms with E-state index in [0.717, 1.165) is 10.8 Å². The lowest BCUT2D eigenvalue weighted by molar-refractivity contribution is -0.136. The van der Waals surface area contributed by atoms with Gasteiger partial charge in [0.1, 0.15) is 5.82 Å². The highest BCUT2D eigenvalue weighted by Gasteiger charge is 2.18. The van der Waals surface area contributed by atoms with Crippen molar-refractivity contribution in [2.24, 2.45) is 0 Å². The van der Waals surface area contributed by atoms with Gasteiger partial charge < -0.3 is 15.7 Å². The average Bonchev–Trinajstić information content (AvgIpc) is 2.67. The van der Waals surface area contributed by atoms with Crippen LogP contribution in [0.2, 0.25) is 0 Å². The van der Waals surface area contributed by atoms with E-state index >= 15 is 0 Å². The molecule has 0 aliphatic heterocycles. The molecule has 26 heavy (non-hydrogen) atoms. The van der Waals surface area contributed by atoms with Crippen molar-refractivity contribution in [2.75, 3.05) is 11.9 Å². The van der Waals surface area contributed by atoms with Crippen LogP contribution in [-0.2, 0) is 9.59 Å². The molecule has 0 saturated carbocycles. The van der Waals surface area contributed by atoms with Crippen molar-refractivity contribution in [1.82, 2.24) is 5.32 Å². The zero-order chi connectivity index (χ0) is 18.5. The molecule has 132 valence electrons. The largest absolute Gasteiger partial charge is 0.387 e. The van der Waals surface area contributed by atoms with Crippen LogP contribution < -0.4 is 10.6 Å². The maximum atomic E-state index is 13.5. The molecule has 0 fully saturated rings. The number of rotatable bonds is 4. The summed E-state index contributed by atoms with van der Waals surface area (Å²) >= 11 is 0. The molecule has 6 heteroatoms. The molecular weight excluding hydrogens is 335 g/mol. The predicted octanol–water partition coefficient (Wildman–Crippen LogP) is 2.77. The van der Waals surface area contributed by atoms with Gasteiger partial charge in [0, 0.05) is 6.54 Å². The number of hydrogen-bond acceptors (Lipinski definition) is 3. The molecule has 3 N–H and O–H groups in total. The maximum absolute atomic E-state index is 13.5. The Morgan fingerprint density at radius 2 is 1.62 bits per heavy atom. The van der Waals surface area contributed by atoms with Crippen LogP contribution in [0.3, 0.4) is 0 Å². The summed E-state index contributed by atoms with van der Waals surface area (Å²) in [6, 6.07) is 18.6. The van der Waals surface area contributed by atoms with Crippen LogP contribution in [0.4, 0.5) is 10.1 Å². The molecule has 0 radical (unpaired) electrons. The van der Waals surface area contributed by atoms with Gasteiger partial charge >= 0.3 is 11.8 Å². The minimum absolute atomic E-state index is 0.0812. The smallest absolute Gasteiger partial charge is 0.313 e. The lowest BCUT2D eigenvalue weighted by Gasteiger charge is -2.14. The van der Waals surface area contributed by atoms with Crippen LogP contribution in [0.1, 0.15) is 11.7 Å². The second-order valence-corrected chi connectivity index (χ2v) is 5.73. The summed E-state index contributed by atoms with van der Waals surface area (Å²) in [6.07, 6.45) is -0.980. The van der Waals surface area contributed by atoms with Gasteiger partial charge in [-0.3, -0.25) is 9.59 Å². The molecule has 5 nitrogen and oxygen atoms in total. The second kappa shape index (κ2) is 7.76. The van der Waals surface area contributed by atoms with E-state index in [4.69, 9.17) is 0 Å². The number of aliphatic hydroxyl groups excluding tert-OH is 1. The first-order valence-electron chi connectivity index (χ1n) is 8.05. The van der Waals surface area contributed by atoms with Crippen LogP contribution in [-0.4, -0.2) is 23.5 Å². The number of carbonyl (C=O) groups excluding carboxylic acids is 2. The summed E-state index contributed by atoms with van der Waals surface area (Å²) in [7, 11) is 0. The van der Waals surface area contributed by atoms with Gasteiger partial charge in [0.2, 0.25) is 0 Å². The molecule has 3 aromatic carbocycles. The predicted molar refractivity (Wildman–Crippen MR) is 96.9 cm³/mol. The first kappa shape index (κ1) is 17.6. The minimum atomic E-state index is -1.000. The maximum Gasteiger partial charge on any atom is 0.313 e. The highest BCUT2D eigenvalue weighted by Crippen LogP contribution is 2.23. The molecule has 0 spiro atoms. The molecule has 0 heterocycles. The van der Waals surface area contributed by atoms with Gasteiger partial charge in [-0.05, 0) is 28.5 Å². The molecule has 1 unspecified atom stereocenters. The number of benzene rings is 3. The third-order valence-electron chi connectivity index (χ3n) is 3.97. The first-order valence-corrected chi connectivity index (χ1v) is 8.05. The van der Waals surface area contributed by atoms with Gasteiger partial charge in [0.15, 0.2) is 0 Å². The highest BCUT2D eigenvalue weighted by molar-refractivity contribution is 6.39. The van der Waals surface area contributed by atoms with Crippen molar-refractivity contribution in [3.8, 4) is 0 Å². The van der Waals surface area contributed by atoms with Crippen molar-refractivity contribution < 1.29 is 19.1 Å². The Labute approximate surface area is 149 Å². The van der Waals surface area contributed by atoms with Crippen molar-refractivity contribution in [3.63, 3.8) is 0 Å². The number of halogens is 1. The number of anilines is 1. The van der Waals surface area contributed by atoms with Crippen LogP contribution in [0.15, 0.2) is 66.7 Å². The number of nitrogens with one attached hydrogen (secondary N) is 2. The quantitative estimate of drug-likeness (QED) is 0.632. The summed E-state index contributed by atoms with van der Waals surface area (Å²) in [4.78, 5) is 23.8. The van der Waals surface area contributed by atoms with Gasteiger partial charge in [0.05, 0.1) is 11.8 Å². The Hall–Kier alpha value is -3.25. The highest BCUT2D eigenvalue weighted by atomic mass is 19.1. The molecule has 3 rings (SSSR count). The summed E-state index contributed by atoms with van der Waals surface area (Å²) in [5.41, 5.74) is 0.570. The summed E-state index contributed by atoms with van der Waals surface area (Å²) in [5, 5.41) is 16.8. The SMILES string of the molecule is O=C(NCC(O)c1cccc2ccccc12)C(=O)Nc1ccccc1F. The van der Waals surface area contributed by atoms with Crippen molar-refractivity contribution in [1.29, 1.82) is 0 Å². The van der Waals surface area contributed by atoms with Crippen molar-refractivity contribution >= 4 is 28.3 Å². The number of carbonyl (C=O) groups is 2. The normalized spacial score (nSPS) is 11.8. The van der Waals surface area contributed by atoms with E-state index in [1.807, 2.05) is 36.4 Å². The Morgan fingerprint density at radius 1 is 0.923 bits per heavy atom. The molecule has 0 aliphatic rings. The lowest BCUT2D eigenvalue weighted by Crippen LogP contribution is -2.37. The van der Waals surface area contributed by atoms with E-state index in [0.29, 0.717) is 5.56 Å². The Bertz CT molecular complexity index is 953. The fourth-order valence-corrected chi connectivity index (χ4v) is 2.66. The summed E-state index contributed by atoms with van der Waals surface area (Å²) in [5.74, 6) is -2.59. The van der Waals surface area contributed by atoms with Crippen LogP contribution in [0.25, 0.3) is 10.8 Å². The van der Waals surface area contributed by atoms with Gasteiger partial charge in [-0.25, -0.2) is 4.39 Å². The Kier molecular flexibility index (Phi) is 5.24. The molecule has 0 aliphatic carbocycles. The average molecular weight is 352 g/mol. The van der Waals surface area contributed by atoms with Gasteiger partial charge in [-0.15, -0.1) is 0 Å². The van der Waals surface area contributed by atoms with E-state index in [2.05, 4.69) is 10.6 Å². The lowest BCUT2D eigenvalue weighted by atomic mass is 10.0. The third-order valence-corrected chi connectivity index (χ3v) is 3.97. The van der Waals surface area contributed by atoms with E-state index in [1.54, 1.807) is 12.1 Å². The molecule has 1 atom stereocenters. The summed E-state index contributed by atoms with van der Waals surface area (Å²) < 4.78 is 13.5. The van der Waals surface area contributed by atoms with E-state index in [9.17, 15) is 19.1 Å². The van der Waals surface area contributed by atoms with E-state index in [1.165, 1.54) is 18.2 Å². The van der Waals surface area contributed by atoms with E-state index in [-0.39, 0.29) is 12.2 Å². The fourth-order valence-electron chi connectivity index (χ4n) is 2.66. The second-order valence-electron chi connectivity index (χ2n) is 5.73. The van der Waals surface area contributed by atoms with Crippen LogP contribution >= 0.6 is 0 Å². The van der Waals surface area contributed by atoms with Crippen LogP contribution in [0.5, 0.6) is 0 Å². The third kappa shape index (κ3) is 3.87. The topological polar surface area (TPSA) is 78.4 Å². The zero-order valence-electron chi connectivity index (χ0n) is 13.8. The number of para-hydroxylation sites is 1. The Balaban J connectivity index is 1.63. The molecule has 2 amide bonds. The van der Waals surface area contributed by atoms with Gasteiger partial charge in [-0.2, -0.15) is 0 Å². The van der Waals surface area contributed by atoms with Gasteiger partial charge in [0.25, 0.3) is 0 Å². The Morgan fingerprint density at radius 3 is 2.42 bits per heavy atom. The summed E-state index contributed by atoms with van der Waals surface area (Å²) in [6.45, 7) is -0.141. The number of hydrogen-bond donors (Lipinski definition) is 3. The van der Waals surface area contributed by atoms with Crippen molar-refractivity contribution in [3.05, 3.63) is 78.1 Å². The fraction of sp³-hybridized carbons (Fsp3) is 0.100. The molecule has 0 aromatic heterocycles. The zero-order valence-corrected chi connectivity index (χ0v) is 13.8. The minimum Gasteiger partial charge on any atom is -0.387 e. The molecule has 0 saturated heterocycles.